The molecule has 0 aliphatic carbocycles. The van der Waals surface area contributed by atoms with Crippen LogP contribution >= 0.6 is 0 Å². The van der Waals surface area contributed by atoms with E-state index in [-0.39, 0.29) is 11.4 Å². The van der Waals surface area contributed by atoms with E-state index in [9.17, 15) is 14.0 Å². The molecule has 5 nitrogen and oxygen atoms in total. The van der Waals surface area contributed by atoms with Gasteiger partial charge in [0.05, 0.1) is 0 Å². The van der Waals surface area contributed by atoms with Gasteiger partial charge in [0.2, 0.25) is 0 Å². The number of aromatic nitrogens is 2. The molecule has 0 radical (unpaired) electrons. The summed E-state index contributed by atoms with van der Waals surface area (Å²) in [5, 5.41) is 0.705. The maximum Gasteiger partial charge on any atom is 0.349 e. The minimum Gasteiger partial charge on any atom is -0.422 e. The normalized spacial score (nSPS) is 15.1. The molecule has 1 aliphatic heterocycles. The van der Waals surface area contributed by atoms with E-state index in [1.165, 1.54) is 12.1 Å². The number of halogens is 1. The molecule has 1 N–H and O–H groups in total. The molecule has 0 fully saturated rings. The number of carbonyl (C=O) groups is 1. The van der Waals surface area contributed by atoms with Gasteiger partial charge in [0, 0.05) is 41.0 Å². The van der Waals surface area contributed by atoms with E-state index in [1.54, 1.807) is 25.1 Å². The predicted molar refractivity (Wildman–Crippen MR) is 88.0 cm³/mol. The average Bonchev–Trinajstić information content (AvgIpc) is 2.97. The Balaban J connectivity index is 1.95. The first-order valence-corrected chi connectivity index (χ1v) is 7.37. The highest BCUT2D eigenvalue weighted by Crippen LogP contribution is 2.32. The van der Waals surface area contributed by atoms with Gasteiger partial charge in [-0.15, -0.1) is 0 Å². The fourth-order valence-corrected chi connectivity index (χ4v) is 3.05. The van der Waals surface area contributed by atoms with Crippen molar-refractivity contribution in [2.24, 2.45) is 7.05 Å². The quantitative estimate of drug-likeness (QED) is 0.700. The van der Waals surface area contributed by atoms with Crippen LogP contribution in [0.15, 0.2) is 35.3 Å². The second kappa shape index (κ2) is 4.92. The average molecular weight is 324 g/mol. The Morgan fingerprint density at radius 3 is 2.83 bits per heavy atom. The van der Waals surface area contributed by atoms with Gasteiger partial charge in [-0.3, -0.25) is 4.79 Å². The molecule has 0 atom stereocenters. The lowest BCUT2D eigenvalue weighted by molar-refractivity contribution is 0.0715. The minimum absolute atomic E-state index is 0.00160. The molecule has 6 heteroatoms. The zero-order valence-electron chi connectivity index (χ0n) is 13.0. The smallest absolute Gasteiger partial charge is 0.349 e. The van der Waals surface area contributed by atoms with Crippen LogP contribution in [0.25, 0.3) is 22.7 Å². The Hall–Kier alpha value is -3.15. The van der Waals surface area contributed by atoms with Crippen LogP contribution < -0.4 is 5.56 Å². The van der Waals surface area contributed by atoms with Crippen LogP contribution in [0, 0.1) is 12.7 Å². The fourth-order valence-electron chi connectivity index (χ4n) is 3.05. The molecule has 24 heavy (non-hydrogen) atoms. The molecule has 3 heterocycles. The van der Waals surface area contributed by atoms with Gasteiger partial charge in [0.25, 0.3) is 5.56 Å². The van der Waals surface area contributed by atoms with Crippen LogP contribution in [0.4, 0.5) is 4.39 Å². The van der Waals surface area contributed by atoms with Gasteiger partial charge in [-0.1, -0.05) is 0 Å². The van der Waals surface area contributed by atoms with E-state index in [2.05, 4.69) is 4.98 Å². The summed E-state index contributed by atoms with van der Waals surface area (Å²) in [6, 6.07) is 6.21. The number of carbonyl (C=O) groups excluding carboxylic acids is 1. The lowest BCUT2D eigenvalue weighted by atomic mass is 10.1. The van der Waals surface area contributed by atoms with Crippen molar-refractivity contribution in [2.75, 3.05) is 0 Å². The molecule has 0 saturated carbocycles. The molecule has 4 rings (SSSR count). The van der Waals surface area contributed by atoms with Crippen molar-refractivity contribution < 1.29 is 13.9 Å². The number of esters is 1. The number of benzene rings is 1. The largest absolute Gasteiger partial charge is 0.422 e. The molecular formula is C18H13FN2O3. The van der Waals surface area contributed by atoms with E-state index >= 15 is 0 Å². The zero-order valence-corrected chi connectivity index (χ0v) is 13.0. The van der Waals surface area contributed by atoms with Crippen molar-refractivity contribution in [2.45, 2.75) is 6.92 Å². The molecular weight excluding hydrogens is 311 g/mol. The van der Waals surface area contributed by atoms with Crippen molar-refractivity contribution in [3.63, 3.8) is 0 Å². The third-order valence-electron chi connectivity index (χ3n) is 4.11. The molecule has 120 valence electrons. The second-order valence-electron chi connectivity index (χ2n) is 5.83. The van der Waals surface area contributed by atoms with Crippen molar-refractivity contribution in [3.05, 3.63) is 69.0 Å². The van der Waals surface area contributed by atoms with Crippen LogP contribution in [0.3, 0.4) is 0 Å². The molecule has 0 unspecified atom stereocenters. The number of rotatable bonds is 1. The Morgan fingerprint density at radius 2 is 2.04 bits per heavy atom. The summed E-state index contributed by atoms with van der Waals surface area (Å²) < 4.78 is 20.7. The van der Waals surface area contributed by atoms with Gasteiger partial charge in [-0.2, -0.15) is 0 Å². The molecule has 2 aromatic heterocycles. The van der Waals surface area contributed by atoms with Crippen LogP contribution in [0.2, 0.25) is 0 Å². The highest BCUT2D eigenvalue weighted by molar-refractivity contribution is 6.06. The molecule has 0 amide bonds. The first-order chi connectivity index (χ1) is 11.4. The van der Waals surface area contributed by atoms with Gasteiger partial charge < -0.3 is 14.3 Å². The number of pyridine rings is 1. The summed E-state index contributed by atoms with van der Waals surface area (Å²) in [5.74, 6) is -0.727. The Morgan fingerprint density at radius 1 is 1.25 bits per heavy atom. The Kier molecular flexibility index (Phi) is 2.96. The number of H-pyrrole nitrogens is 1. The maximum absolute atomic E-state index is 13.6. The SMILES string of the molecule is Cc1cc2c(c(=O)[nH]1)C(=O)O/C2=C\c1cn(C)c2ccc(F)cc12. The van der Waals surface area contributed by atoms with Crippen LogP contribution in [-0.4, -0.2) is 15.5 Å². The standard InChI is InChI=1S/C18H13FN2O3/c1-9-5-13-15(24-18(23)16(13)17(22)20-9)6-10-8-21(2)14-4-3-11(19)7-12(10)14/h3-8H,1-2H3,(H,20,22)/b15-6-. The topological polar surface area (TPSA) is 64.1 Å². The van der Waals surface area contributed by atoms with Crippen LogP contribution in [0.1, 0.15) is 27.2 Å². The summed E-state index contributed by atoms with van der Waals surface area (Å²) in [6.07, 6.45) is 3.48. The third kappa shape index (κ3) is 2.07. The highest BCUT2D eigenvalue weighted by Gasteiger charge is 2.30. The number of aryl methyl sites for hydroxylation is 2. The summed E-state index contributed by atoms with van der Waals surface area (Å²) in [5.41, 5.74) is 2.18. The first-order valence-electron chi connectivity index (χ1n) is 7.37. The first kappa shape index (κ1) is 14.4. The Bertz CT molecular complexity index is 1110. The monoisotopic (exact) mass is 324 g/mol. The van der Waals surface area contributed by atoms with Crippen LogP contribution in [0.5, 0.6) is 0 Å². The van der Waals surface area contributed by atoms with Gasteiger partial charge in [-0.25, -0.2) is 9.18 Å². The van der Waals surface area contributed by atoms with Gasteiger partial charge in [0.1, 0.15) is 17.1 Å². The van der Waals surface area contributed by atoms with Gasteiger partial charge >= 0.3 is 5.97 Å². The van der Waals surface area contributed by atoms with Gasteiger partial charge in [0.15, 0.2) is 0 Å². The number of hydrogen-bond donors (Lipinski definition) is 1. The zero-order chi connectivity index (χ0) is 17.0. The van der Waals surface area contributed by atoms with Crippen LogP contribution in [-0.2, 0) is 11.8 Å². The Labute approximate surface area is 136 Å². The molecule has 3 aromatic rings. The van der Waals surface area contributed by atoms with E-state index in [4.69, 9.17) is 4.74 Å². The molecule has 0 spiro atoms. The third-order valence-corrected chi connectivity index (χ3v) is 4.11. The lowest BCUT2D eigenvalue weighted by Crippen LogP contribution is -2.16. The van der Waals surface area contributed by atoms with E-state index in [0.717, 1.165) is 5.52 Å². The number of fused-ring (bicyclic) bond motifs is 2. The number of hydrogen-bond acceptors (Lipinski definition) is 3. The number of aromatic amines is 1. The number of nitrogens with zero attached hydrogens (tertiary/aromatic N) is 1. The van der Waals surface area contributed by atoms with Crippen molar-refractivity contribution >= 4 is 28.7 Å². The van der Waals surface area contributed by atoms with Gasteiger partial charge in [-0.05, 0) is 37.3 Å². The molecule has 1 aliphatic rings. The lowest BCUT2D eigenvalue weighted by Gasteiger charge is -2.00. The second-order valence-corrected chi connectivity index (χ2v) is 5.83. The predicted octanol–water partition coefficient (Wildman–Crippen LogP) is 2.98. The van der Waals surface area contributed by atoms with Crippen molar-refractivity contribution in [1.29, 1.82) is 0 Å². The summed E-state index contributed by atoms with van der Waals surface area (Å²) in [4.78, 5) is 26.5. The van der Waals surface area contributed by atoms with E-state index < -0.39 is 11.5 Å². The summed E-state index contributed by atoms with van der Waals surface area (Å²) in [6.45, 7) is 1.73. The maximum atomic E-state index is 13.6. The molecule has 0 saturated heterocycles. The molecule has 1 aromatic carbocycles. The van der Waals surface area contributed by atoms with Crippen molar-refractivity contribution in [1.82, 2.24) is 9.55 Å². The summed E-state index contributed by atoms with van der Waals surface area (Å²) >= 11 is 0. The number of cyclic esters (lactones) is 1. The van der Waals surface area contributed by atoms with E-state index in [1.807, 2.05) is 17.8 Å². The van der Waals surface area contributed by atoms with Crippen molar-refractivity contribution in [3.8, 4) is 0 Å². The highest BCUT2D eigenvalue weighted by atomic mass is 19.1. The number of ether oxygens (including phenoxy) is 1. The molecule has 0 bridgehead atoms. The minimum atomic E-state index is -0.677. The number of nitrogens with one attached hydrogen (secondary N) is 1. The fraction of sp³-hybridized carbons (Fsp3) is 0.111. The van der Waals surface area contributed by atoms with E-state index in [0.29, 0.717) is 28.0 Å². The summed E-state index contributed by atoms with van der Waals surface area (Å²) in [7, 11) is 1.85.